The van der Waals surface area contributed by atoms with Crippen LogP contribution in [-0.4, -0.2) is 52.9 Å². The highest BCUT2D eigenvalue weighted by molar-refractivity contribution is 6.34. The molecule has 32 heavy (non-hydrogen) atoms. The lowest BCUT2D eigenvalue weighted by Crippen LogP contribution is -2.44. The van der Waals surface area contributed by atoms with Crippen LogP contribution in [0.25, 0.3) is 11.6 Å². The number of aromatic nitrogens is 1. The summed E-state index contributed by atoms with van der Waals surface area (Å²) in [5.41, 5.74) is 8.13. The molecule has 0 unspecified atom stereocenters. The Labute approximate surface area is 181 Å². The minimum Gasteiger partial charge on any atom is -0.368 e. The Bertz CT molecular complexity index is 1200. The van der Waals surface area contributed by atoms with Crippen LogP contribution in [0.15, 0.2) is 18.2 Å². The largest absolute Gasteiger partial charge is 0.368 e. The van der Waals surface area contributed by atoms with Crippen molar-refractivity contribution >= 4 is 41.0 Å². The maximum atomic E-state index is 13.7. The molecule has 1 aromatic carbocycles. The third-order valence-corrected chi connectivity index (χ3v) is 5.30. The molecule has 4 amide bonds. The minimum atomic E-state index is -0.965. The molecule has 0 aliphatic carbocycles. The maximum Gasteiger partial charge on any atom is 0.271 e. The van der Waals surface area contributed by atoms with E-state index in [9.17, 15) is 23.6 Å². The summed E-state index contributed by atoms with van der Waals surface area (Å²) in [7, 11) is 0. The number of carbonyl (C=O) groups is 4. The molecule has 11 heteroatoms. The zero-order valence-electron chi connectivity index (χ0n) is 17.2. The normalized spacial score (nSPS) is 18.8. The Morgan fingerprint density at radius 1 is 1.34 bits per heavy atom. The molecule has 2 aromatic rings. The van der Waals surface area contributed by atoms with E-state index in [-0.39, 0.29) is 18.1 Å². The Kier molecular flexibility index (Phi) is 5.26. The average molecular weight is 441 g/mol. The van der Waals surface area contributed by atoms with Gasteiger partial charge in [-0.15, -0.1) is 0 Å². The molecule has 5 N–H and O–H groups in total. The molecule has 166 valence electrons. The number of aryl methyl sites for hydroxylation is 1. The number of amides is 4. The van der Waals surface area contributed by atoms with Crippen LogP contribution >= 0.6 is 0 Å². The summed E-state index contributed by atoms with van der Waals surface area (Å²) in [5, 5.41) is 6.08. The van der Waals surface area contributed by atoms with Crippen molar-refractivity contribution in [2.75, 3.05) is 18.5 Å². The molecule has 1 aromatic heterocycles. The highest BCUT2D eigenvalue weighted by atomic mass is 19.1. The minimum absolute atomic E-state index is 0.125. The third-order valence-electron chi connectivity index (χ3n) is 5.30. The lowest BCUT2D eigenvalue weighted by Gasteiger charge is -2.12. The van der Waals surface area contributed by atoms with Crippen molar-refractivity contribution < 1.29 is 28.4 Å². The van der Waals surface area contributed by atoms with Crippen LogP contribution < -0.4 is 16.4 Å². The van der Waals surface area contributed by atoms with Gasteiger partial charge in [-0.1, -0.05) is 0 Å². The number of benzene rings is 1. The first-order chi connectivity index (χ1) is 15.2. The second-order valence-electron chi connectivity index (χ2n) is 7.53. The molecule has 0 bridgehead atoms. The van der Waals surface area contributed by atoms with Crippen molar-refractivity contribution in [1.29, 1.82) is 0 Å². The number of aromatic amines is 1. The van der Waals surface area contributed by atoms with E-state index < -0.39 is 36.1 Å². The number of nitrogens with zero attached hydrogens (tertiary/aromatic N) is 1. The number of rotatable bonds is 5. The Morgan fingerprint density at radius 3 is 2.81 bits per heavy atom. The van der Waals surface area contributed by atoms with Gasteiger partial charge in [-0.05, 0) is 43.7 Å². The summed E-state index contributed by atoms with van der Waals surface area (Å²) >= 11 is 0. The number of primary amides is 1. The summed E-state index contributed by atoms with van der Waals surface area (Å²) < 4.78 is 13.7. The van der Waals surface area contributed by atoms with Crippen LogP contribution in [0, 0.1) is 19.7 Å². The van der Waals surface area contributed by atoms with Crippen molar-refractivity contribution in [1.82, 2.24) is 15.4 Å². The van der Waals surface area contributed by atoms with Crippen LogP contribution in [0.2, 0.25) is 0 Å². The molecule has 0 radical (unpaired) electrons. The average Bonchev–Trinajstić information content (AvgIpc) is 3.31. The van der Waals surface area contributed by atoms with Crippen molar-refractivity contribution in [3.8, 4) is 0 Å². The molecular formula is C21H20FN5O5. The van der Waals surface area contributed by atoms with Crippen molar-refractivity contribution in [2.45, 2.75) is 19.9 Å². The van der Waals surface area contributed by atoms with Crippen molar-refractivity contribution in [2.24, 2.45) is 5.73 Å². The van der Waals surface area contributed by atoms with Crippen LogP contribution in [-0.2, 0) is 19.2 Å². The van der Waals surface area contributed by atoms with Gasteiger partial charge in [0.05, 0.1) is 11.1 Å². The van der Waals surface area contributed by atoms with E-state index in [0.717, 1.165) is 5.06 Å². The fraction of sp³-hybridized carbons (Fsp3) is 0.238. The molecule has 1 saturated heterocycles. The summed E-state index contributed by atoms with van der Waals surface area (Å²) in [4.78, 5) is 56.7. The van der Waals surface area contributed by atoms with E-state index in [1.165, 1.54) is 18.2 Å². The molecule has 1 atom stereocenters. The first-order valence-electron chi connectivity index (χ1n) is 9.71. The van der Waals surface area contributed by atoms with Gasteiger partial charge in [0.15, 0.2) is 0 Å². The monoisotopic (exact) mass is 441 g/mol. The molecule has 3 heterocycles. The number of fused-ring (bicyclic) bond motifs is 1. The standard InChI is InChI=1S/C21H20FN5O5/c1-9-15(6-13-12-5-11(22)3-4-14(12)25-19(13)29)24-10(2)18(9)20(30)26-16-8-32-27(21(16)31)7-17(23)28/h3-6,16,24H,7-8H2,1-2H3,(H2,23,28)(H,25,29)(H,26,30)/b13-6-/t16-/m1/s1. The van der Waals surface area contributed by atoms with Crippen molar-refractivity contribution in [3.05, 3.63) is 52.1 Å². The Morgan fingerprint density at radius 2 is 2.09 bits per heavy atom. The van der Waals surface area contributed by atoms with Gasteiger partial charge in [-0.25, -0.2) is 9.45 Å². The topological polar surface area (TPSA) is 147 Å². The number of H-pyrrole nitrogens is 1. The van der Waals surface area contributed by atoms with Crippen LogP contribution in [0.1, 0.15) is 32.9 Å². The lowest BCUT2D eigenvalue weighted by atomic mass is 10.0. The Balaban J connectivity index is 1.58. The van der Waals surface area contributed by atoms with Gasteiger partial charge < -0.3 is 21.4 Å². The second-order valence-corrected chi connectivity index (χ2v) is 7.53. The molecule has 1 fully saturated rings. The van der Waals surface area contributed by atoms with E-state index in [2.05, 4.69) is 15.6 Å². The van der Waals surface area contributed by atoms with E-state index >= 15 is 0 Å². The fourth-order valence-corrected chi connectivity index (χ4v) is 3.78. The fourth-order valence-electron chi connectivity index (χ4n) is 3.78. The van der Waals surface area contributed by atoms with E-state index in [1.54, 1.807) is 19.9 Å². The molecule has 0 spiro atoms. The Hall–Kier alpha value is -3.99. The number of nitrogens with one attached hydrogen (secondary N) is 3. The quantitative estimate of drug-likeness (QED) is 0.503. The van der Waals surface area contributed by atoms with Gasteiger partial charge in [-0.2, -0.15) is 0 Å². The maximum absolute atomic E-state index is 13.7. The van der Waals surface area contributed by atoms with Crippen LogP contribution in [0.5, 0.6) is 0 Å². The first kappa shape index (κ1) is 21.2. The lowest BCUT2D eigenvalue weighted by molar-refractivity contribution is -0.165. The summed E-state index contributed by atoms with van der Waals surface area (Å²) in [6.45, 7) is 2.84. The number of hydroxylamine groups is 2. The van der Waals surface area contributed by atoms with Gasteiger partial charge in [0.2, 0.25) is 5.91 Å². The predicted octanol–water partition coefficient (Wildman–Crippen LogP) is 0.621. The molecule has 2 aliphatic heterocycles. The molecule has 10 nitrogen and oxygen atoms in total. The van der Waals surface area contributed by atoms with E-state index in [4.69, 9.17) is 10.6 Å². The van der Waals surface area contributed by atoms with Gasteiger partial charge in [-0.3, -0.25) is 24.0 Å². The van der Waals surface area contributed by atoms with Crippen LogP contribution in [0.3, 0.4) is 0 Å². The van der Waals surface area contributed by atoms with Gasteiger partial charge >= 0.3 is 0 Å². The van der Waals surface area contributed by atoms with Gasteiger partial charge in [0, 0.05) is 22.6 Å². The zero-order chi connectivity index (χ0) is 23.2. The zero-order valence-corrected chi connectivity index (χ0v) is 17.2. The highest BCUT2D eigenvalue weighted by Gasteiger charge is 2.36. The molecule has 0 saturated carbocycles. The molecule has 4 rings (SSSR count). The highest BCUT2D eigenvalue weighted by Crippen LogP contribution is 2.34. The van der Waals surface area contributed by atoms with Crippen LogP contribution in [0.4, 0.5) is 10.1 Å². The molecule has 2 aliphatic rings. The predicted molar refractivity (Wildman–Crippen MR) is 111 cm³/mol. The second kappa shape index (κ2) is 7.93. The number of hydrogen-bond acceptors (Lipinski definition) is 5. The smallest absolute Gasteiger partial charge is 0.271 e. The number of hydrogen-bond donors (Lipinski definition) is 4. The summed E-state index contributed by atoms with van der Waals surface area (Å²) in [6.07, 6.45) is 1.55. The first-order valence-corrected chi connectivity index (χ1v) is 9.71. The number of nitrogens with two attached hydrogens (primary N) is 1. The van der Waals surface area contributed by atoms with E-state index in [0.29, 0.717) is 33.8 Å². The van der Waals surface area contributed by atoms with Gasteiger partial charge in [0.1, 0.15) is 25.0 Å². The summed E-state index contributed by atoms with van der Waals surface area (Å²) in [5.74, 6) is -2.69. The van der Waals surface area contributed by atoms with Gasteiger partial charge in [0.25, 0.3) is 17.7 Å². The number of halogens is 1. The van der Waals surface area contributed by atoms with Crippen molar-refractivity contribution in [3.63, 3.8) is 0 Å². The summed E-state index contributed by atoms with van der Waals surface area (Å²) in [6, 6.07) is 3.04. The van der Waals surface area contributed by atoms with E-state index in [1.807, 2.05) is 0 Å². The SMILES string of the molecule is Cc1[nH]c(/C=C2\C(=O)Nc3ccc(F)cc32)c(C)c1C(=O)N[C@@H]1CON(CC(N)=O)C1=O. The third kappa shape index (κ3) is 3.73. The molecular weight excluding hydrogens is 421 g/mol. The number of carbonyl (C=O) groups excluding carboxylic acids is 4. The number of anilines is 1.